The normalized spacial score (nSPS) is 10.5. The van der Waals surface area contributed by atoms with Crippen molar-refractivity contribution >= 4 is 11.6 Å². The molecule has 31 heavy (non-hydrogen) atoms. The number of ether oxygens (including phenoxy) is 1. The quantitative estimate of drug-likeness (QED) is 0.428. The van der Waals surface area contributed by atoms with Gasteiger partial charge in [0.1, 0.15) is 11.6 Å². The molecular weight excluding hydrogens is 393 g/mol. The highest BCUT2D eigenvalue weighted by Crippen LogP contribution is 2.23. The van der Waals surface area contributed by atoms with E-state index in [-0.39, 0.29) is 11.7 Å². The Labute approximate surface area is 179 Å². The molecule has 0 saturated heterocycles. The van der Waals surface area contributed by atoms with Crippen molar-refractivity contribution in [2.75, 3.05) is 5.32 Å². The molecular formula is C25H20FN3O2. The maximum absolute atomic E-state index is 13.1. The molecule has 1 amide bonds. The molecule has 5 nitrogen and oxygen atoms in total. The van der Waals surface area contributed by atoms with Gasteiger partial charge in [0.15, 0.2) is 5.82 Å². The summed E-state index contributed by atoms with van der Waals surface area (Å²) in [6.45, 7) is 2.09. The molecule has 0 spiro atoms. The summed E-state index contributed by atoms with van der Waals surface area (Å²) in [5, 5.41) is 2.88. The molecule has 0 aliphatic heterocycles. The summed E-state index contributed by atoms with van der Waals surface area (Å²) in [5.41, 5.74) is 3.16. The van der Waals surface area contributed by atoms with Gasteiger partial charge in [0.2, 0.25) is 5.88 Å². The second-order valence-corrected chi connectivity index (χ2v) is 6.86. The van der Waals surface area contributed by atoms with Crippen LogP contribution in [0.2, 0.25) is 0 Å². The Balaban J connectivity index is 1.43. The average Bonchev–Trinajstić information content (AvgIpc) is 2.81. The lowest BCUT2D eigenvalue weighted by Crippen LogP contribution is -2.11. The molecule has 154 valence electrons. The van der Waals surface area contributed by atoms with E-state index >= 15 is 0 Å². The summed E-state index contributed by atoms with van der Waals surface area (Å²) in [5.74, 6) is 0.799. The molecule has 0 saturated carbocycles. The van der Waals surface area contributed by atoms with Crippen LogP contribution < -0.4 is 10.1 Å². The number of amides is 1. The van der Waals surface area contributed by atoms with E-state index in [1.807, 2.05) is 24.3 Å². The van der Waals surface area contributed by atoms with E-state index in [0.29, 0.717) is 28.6 Å². The van der Waals surface area contributed by atoms with Gasteiger partial charge in [-0.25, -0.2) is 9.37 Å². The van der Waals surface area contributed by atoms with Gasteiger partial charge < -0.3 is 10.1 Å². The van der Waals surface area contributed by atoms with Gasteiger partial charge >= 0.3 is 0 Å². The summed E-state index contributed by atoms with van der Waals surface area (Å²) in [6.07, 6.45) is 2.53. The summed E-state index contributed by atoms with van der Waals surface area (Å²) < 4.78 is 18.9. The molecule has 4 aromatic rings. The number of carbonyl (C=O) groups excluding carboxylic acids is 1. The van der Waals surface area contributed by atoms with Gasteiger partial charge in [-0.15, -0.1) is 0 Å². The second-order valence-electron chi connectivity index (χ2n) is 6.86. The van der Waals surface area contributed by atoms with Gasteiger partial charge in [-0.2, -0.15) is 4.98 Å². The Morgan fingerprint density at radius 1 is 0.935 bits per heavy atom. The largest absolute Gasteiger partial charge is 0.439 e. The molecule has 0 unspecified atom stereocenters. The molecule has 0 radical (unpaired) electrons. The molecule has 0 atom stereocenters. The van der Waals surface area contributed by atoms with Crippen molar-refractivity contribution in [1.29, 1.82) is 0 Å². The highest BCUT2D eigenvalue weighted by Gasteiger charge is 2.08. The first-order valence-corrected chi connectivity index (χ1v) is 9.88. The van der Waals surface area contributed by atoms with E-state index in [2.05, 4.69) is 22.2 Å². The SMILES string of the molecule is CCc1ccc(NC(=O)c2ccc(Oc3ccnc(-c4ccc(F)cc4)n3)cc2)cc1. The van der Waals surface area contributed by atoms with E-state index in [4.69, 9.17) is 4.74 Å². The molecule has 0 aliphatic carbocycles. The second kappa shape index (κ2) is 9.17. The lowest BCUT2D eigenvalue weighted by molar-refractivity contribution is 0.102. The summed E-state index contributed by atoms with van der Waals surface area (Å²) in [7, 11) is 0. The topological polar surface area (TPSA) is 64.1 Å². The van der Waals surface area contributed by atoms with Gasteiger partial charge in [-0.05, 0) is 72.6 Å². The van der Waals surface area contributed by atoms with Crippen LogP contribution in [0.5, 0.6) is 11.6 Å². The number of hydrogen-bond donors (Lipinski definition) is 1. The van der Waals surface area contributed by atoms with Crippen LogP contribution in [0.15, 0.2) is 85.1 Å². The van der Waals surface area contributed by atoms with E-state index in [9.17, 15) is 9.18 Å². The molecule has 4 rings (SSSR count). The summed E-state index contributed by atoms with van der Waals surface area (Å²) in [6, 6.07) is 22.1. The molecule has 1 aromatic heterocycles. The lowest BCUT2D eigenvalue weighted by Gasteiger charge is -2.08. The number of nitrogens with one attached hydrogen (secondary N) is 1. The van der Waals surface area contributed by atoms with Crippen molar-refractivity contribution in [1.82, 2.24) is 9.97 Å². The molecule has 0 fully saturated rings. The number of anilines is 1. The van der Waals surface area contributed by atoms with E-state index in [1.165, 1.54) is 17.7 Å². The van der Waals surface area contributed by atoms with Crippen LogP contribution in [0.4, 0.5) is 10.1 Å². The number of aromatic nitrogens is 2. The van der Waals surface area contributed by atoms with Crippen LogP contribution in [-0.4, -0.2) is 15.9 Å². The van der Waals surface area contributed by atoms with Gasteiger partial charge in [0.05, 0.1) is 0 Å². The van der Waals surface area contributed by atoms with E-state index in [1.54, 1.807) is 48.7 Å². The average molecular weight is 413 g/mol. The van der Waals surface area contributed by atoms with Crippen LogP contribution in [0.25, 0.3) is 11.4 Å². The van der Waals surface area contributed by atoms with Crippen molar-refractivity contribution in [2.24, 2.45) is 0 Å². The number of aryl methyl sites for hydroxylation is 1. The van der Waals surface area contributed by atoms with Gasteiger partial charge in [0.25, 0.3) is 5.91 Å². The minimum atomic E-state index is -0.321. The molecule has 1 N–H and O–H groups in total. The first-order chi connectivity index (χ1) is 15.1. The summed E-state index contributed by atoms with van der Waals surface area (Å²) >= 11 is 0. The number of halogens is 1. The lowest BCUT2D eigenvalue weighted by atomic mass is 10.1. The first-order valence-electron chi connectivity index (χ1n) is 9.88. The van der Waals surface area contributed by atoms with Crippen LogP contribution in [0.3, 0.4) is 0 Å². The Kier molecular flexibility index (Phi) is 5.98. The Hall–Kier alpha value is -4.06. The minimum absolute atomic E-state index is 0.198. The molecule has 0 bridgehead atoms. The standard InChI is InChI=1S/C25H20FN3O2/c1-2-17-3-11-21(12-4-17)28-25(30)19-7-13-22(14-8-19)31-23-15-16-27-24(29-23)18-5-9-20(26)10-6-18/h3-16H,2H2,1H3,(H,28,30). The zero-order chi connectivity index (χ0) is 21.6. The smallest absolute Gasteiger partial charge is 0.255 e. The monoisotopic (exact) mass is 413 g/mol. The fourth-order valence-corrected chi connectivity index (χ4v) is 2.96. The first kappa shape index (κ1) is 20.2. The number of rotatable bonds is 6. The van der Waals surface area contributed by atoms with Crippen LogP contribution in [-0.2, 0) is 6.42 Å². The molecule has 1 heterocycles. The Morgan fingerprint density at radius 3 is 2.32 bits per heavy atom. The summed E-state index contributed by atoms with van der Waals surface area (Å²) in [4.78, 5) is 21.0. The highest BCUT2D eigenvalue weighted by molar-refractivity contribution is 6.04. The van der Waals surface area contributed by atoms with Crippen molar-refractivity contribution in [2.45, 2.75) is 13.3 Å². The predicted molar refractivity (Wildman–Crippen MR) is 118 cm³/mol. The van der Waals surface area contributed by atoms with E-state index < -0.39 is 0 Å². The third kappa shape index (κ3) is 5.11. The van der Waals surface area contributed by atoms with Crippen LogP contribution in [0, 0.1) is 5.82 Å². The Bertz CT molecular complexity index is 1170. The van der Waals surface area contributed by atoms with Crippen molar-refractivity contribution < 1.29 is 13.9 Å². The fraction of sp³-hybridized carbons (Fsp3) is 0.0800. The third-order valence-corrected chi connectivity index (χ3v) is 4.69. The number of benzene rings is 3. The number of carbonyl (C=O) groups is 1. The van der Waals surface area contributed by atoms with Gasteiger partial charge in [-0.1, -0.05) is 19.1 Å². The maximum atomic E-state index is 13.1. The van der Waals surface area contributed by atoms with Crippen LogP contribution >= 0.6 is 0 Å². The fourth-order valence-electron chi connectivity index (χ4n) is 2.96. The predicted octanol–water partition coefficient (Wildman–Crippen LogP) is 5.89. The Morgan fingerprint density at radius 2 is 1.65 bits per heavy atom. The zero-order valence-corrected chi connectivity index (χ0v) is 16.9. The number of hydrogen-bond acceptors (Lipinski definition) is 4. The van der Waals surface area contributed by atoms with Crippen molar-refractivity contribution in [3.8, 4) is 23.0 Å². The van der Waals surface area contributed by atoms with E-state index in [0.717, 1.165) is 12.1 Å². The maximum Gasteiger partial charge on any atom is 0.255 e. The highest BCUT2D eigenvalue weighted by atomic mass is 19.1. The minimum Gasteiger partial charge on any atom is -0.439 e. The van der Waals surface area contributed by atoms with Gasteiger partial charge in [-0.3, -0.25) is 4.79 Å². The van der Waals surface area contributed by atoms with Crippen molar-refractivity contribution in [3.05, 3.63) is 102 Å². The van der Waals surface area contributed by atoms with Gasteiger partial charge in [0, 0.05) is 29.1 Å². The molecule has 3 aromatic carbocycles. The zero-order valence-electron chi connectivity index (χ0n) is 16.9. The van der Waals surface area contributed by atoms with Crippen molar-refractivity contribution in [3.63, 3.8) is 0 Å². The molecule has 0 aliphatic rings. The third-order valence-electron chi connectivity index (χ3n) is 4.69. The molecule has 6 heteroatoms. The van der Waals surface area contributed by atoms with Crippen LogP contribution in [0.1, 0.15) is 22.8 Å². The number of nitrogens with zero attached hydrogens (tertiary/aromatic N) is 2.